The van der Waals surface area contributed by atoms with Gasteiger partial charge in [0.15, 0.2) is 0 Å². The van der Waals surface area contributed by atoms with Crippen LogP contribution in [0.3, 0.4) is 0 Å². The maximum Gasteiger partial charge on any atom is 0.407 e. The number of benzene rings is 3. The first-order valence-electron chi connectivity index (χ1n) is 18.9. The molecule has 1 aliphatic carbocycles. The molecular formula is C41H50N8O6. The van der Waals surface area contributed by atoms with Crippen LogP contribution in [-0.4, -0.2) is 93.8 Å². The van der Waals surface area contributed by atoms with E-state index in [4.69, 9.17) is 9.47 Å². The summed E-state index contributed by atoms with van der Waals surface area (Å²) in [5.41, 5.74) is 5.02. The van der Waals surface area contributed by atoms with Crippen molar-refractivity contribution in [1.29, 1.82) is 0 Å². The normalized spacial score (nSPS) is 17.9. The molecule has 1 atom stereocenters. The van der Waals surface area contributed by atoms with Crippen LogP contribution in [0.15, 0.2) is 66.7 Å². The maximum atomic E-state index is 13.8. The topological polar surface area (TPSA) is 181 Å². The lowest BCUT2D eigenvalue weighted by atomic mass is 9.81. The Morgan fingerprint density at radius 1 is 0.909 bits per heavy atom. The Bertz CT molecular complexity index is 1930. The van der Waals surface area contributed by atoms with E-state index in [0.717, 1.165) is 40.7 Å². The summed E-state index contributed by atoms with van der Waals surface area (Å²) in [7, 11) is 0. The number of alkyl carbamates (subject to hydrolysis) is 1. The fraction of sp³-hybridized carbons (Fsp3) is 0.439. The first-order chi connectivity index (χ1) is 26.4. The lowest BCUT2D eigenvalue weighted by molar-refractivity contribution is -0.130. The Balaban J connectivity index is 1.12. The zero-order valence-corrected chi connectivity index (χ0v) is 31.9. The Labute approximate surface area is 321 Å². The number of rotatable bonds is 11. The molecular weight excluding hydrogens is 701 g/mol. The molecule has 1 saturated carbocycles. The van der Waals surface area contributed by atoms with Gasteiger partial charge in [0.2, 0.25) is 17.6 Å². The number of nitrogens with zero attached hydrogens (tertiary/aromatic N) is 4. The molecule has 6 rings (SSSR count). The van der Waals surface area contributed by atoms with E-state index in [-0.39, 0.29) is 36.0 Å². The van der Waals surface area contributed by atoms with Gasteiger partial charge in [-0.25, -0.2) is 4.79 Å². The van der Waals surface area contributed by atoms with Crippen molar-refractivity contribution < 1.29 is 28.7 Å². The smallest absolute Gasteiger partial charge is 0.407 e. The van der Waals surface area contributed by atoms with Crippen molar-refractivity contribution in [3.63, 3.8) is 0 Å². The second kappa shape index (κ2) is 17.7. The SMILES string of the molecule is Cc1ccc(-c2ccc(C[C@H](NC(=O)C3CCC(CNC(=O)OC(C)(C)C)CC3)C(=O)Nc3ccc(-c4nn[nH]n4)cc3)cc2)cc1C(=O)N1CCOCC1. The zero-order chi connectivity index (χ0) is 39.0. The lowest BCUT2D eigenvalue weighted by Gasteiger charge is -2.29. The molecule has 4 amide bonds. The molecule has 1 aliphatic heterocycles. The minimum atomic E-state index is -0.848. The van der Waals surface area contributed by atoms with Crippen LogP contribution in [0, 0.1) is 18.8 Å². The highest BCUT2D eigenvalue weighted by Crippen LogP contribution is 2.29. The molecule has 0 spiro atoms. The molecule has 55 heavy (non-hydrogen) atoms. The van der Waals surface area contributed by atoms with Gasteiger partial charge in [0.1, 0.15) is 11.6 Å². The van der Waals surface area contributed by atoms with Crippen molar-refractivity contribution in [2.24, 2.45) is 11.8 Å². The summed E-state index contributed by atoms with van der Waals surface area (Å²) >= 11 is 0. The minimum absolute atomic E-state index is 0.000676. The Hall–Kier alpha value is -5.63. The highest BCUT2D eigenvalue weighted by atomic mass is 16.6. The van der Waals surface area contributed by atoms with Crippen LogP contribution in [0.1, 0.15) is 67.9 Å². The van der Waals surface area contributed by atoms with Crippen LogP contribution in [0.5, 0.6) is 0 Å². The zero-order valence-electron chi connectivity index (χ0n) is 31.9. The molecule has 0 bridgehead atoms. The summed E-state index contributed by atoms with van der Waals surface area (Å²) in [5, 5.41) is 22.9. The fourth-order valence-corrected chi connectivity index (χ4v) is 6.92. The third kappa shape index (κ3) is 10.7. The van der Waals surface area contributed by atoms with Crippen molar-refractivity contribution in [1.82, 2.24) is 36.2 Å². The van der Waals surface area contributed by atoms with Crippen molar-refractivity contribution in [2.75, 3.05) is 38.2 Å². The quantitative estimate of drug-likeness (QED) is 0.158. The number of tetrazole rings is 1. The van der Waals surface area contributed by atoms with Crippen LogP contribution in [0.2, 0.25) is 0 Å². The third-order valence-electron chi connectivity index (χ3n) is 10.0. The Kier molecular flexibility index (Phi) is 12.6. The van der Waals surface area contributed by atoms with Crippen LogP contribution < -0.4 is 16.0 Å². The highest BCUT2D eigenvalue weighted by Gasteiger charge is 2.30. The van der Waals surface area contributed by atoms with Gasteiger partial charge < -0.3 is 30.3 Å². The van der Waals surface area contributed by atoms with Crippen LogP contribution in [0.25, 0.3) is 22.5 Å². The van der Waals surface area contributed by atoms with Gasteiger partial charge in [0.05, 0.1) is 13.2 Å². The molecule has 2 fully saturated rings. The number of morpholine rings is 1. The largest absolute Gasteiger partial charge is 0.444 e. The Morgan fingerprint density at radius 3 is 2.24 bits per heavy atom. The summed E-state index contributed by atoms with van der Waals surface area (Å²) in [6.45, 7) is 10.1. The predicted molar refractivity (Wildman–Crippen MR) is 207 cm³/mol. The summed E-state index contributed by atoms with van der Waals surface area (Å²) in [6, 6.07) is 20.0. The molecule has 1 saturated heterocycles. The van der Waals surface area contributed by atoms with Crippen LogP contribution in [-0.2, 0) is 25.5 Å². The third-order valence-corrected chi connectivity index (χ3v) is 10.0. The number of hydrogen-bond donors (Lipinski definition) is 4. The van der Waals surface area contributed by atoms with E-state index in [1.54, 1.807) is 24.3 Å². The van der Waals surface area contributed by atoms with E-state index >= 15 is 0 Å². The molecule has 0 unspecified atom stereocenters. The number of carbonyl (C=O) groups is 4. The van der Waals surface area contributed by atoms with Gasteiger partial charge in [-0.05, 0) is 117 Å². The van der Waals surface area contributed by atoms with Gasteiger partial charge in [0.25, 0.3) is 5.91 Å². The van der Waals surface area contributed by atoms with Crippen molar-refractivity contribution in [2.45, 2.75) is 71.4 Å². The van der Waals surface area contributed by atoms with Crippen LogP contribution in [0.4, 0.5) is 10.5 Å². The molecule has 3 aromatic carbocycles. The number of anilines is 1. The monoisotopic (exact) mass is 750 g/mol. The second-order valence-corrected chi connectivity index (χ2v) is 15.3. The molecule has 4 aromatic rings. The van der Waals surface area contributed by atoms with Crippen molar-refractivity contribution >= 4 is 29.5 Å². The fourth-order valence-electron chi connectivity index (χ4n) is 6.92. The number of ether oxygens (including phenoxy) is 2. The lowest BCUT2D eigenvalue weighted by Crippen LogP contribution is -2.48. The summed E-state index contributed by atoms with van der Waals surface area (Å²) in [4.78, 5) is 54.8. The summed E-state index contributed by atoms with van der Waals surface area (Å²) in [6.07, 6.45) is 2.68. The summed E-state index contributed by atoms with van der Waals surface area (Å²) < 4.78 is 10.8. The number of aromatic nitrogens is 4. The number of aromatic amines is 1. The van der Waals surface area contributed by atoms with Gasteiger partial charge in [-0.2, -0.15) is 5.21 Å². The first-order valence-corrected chi connectivity index (χ1v) is 18.9. The van der Waals surface area contributed by atoms with E-state index in [2.05, 4.69) is 36.6 Å². The van der Waals surface area contributed by atoms with E-state index in [1.807, 2.05) is 75.1 Å². The molecule has 4 N–H and O–H groups in total. The molecule has 14 nitrogen and oxygen atoms in total. The Morgan fingerprint density at radius 2 is 1.58 bits per heavy atom. The van der Waals surface area contributed by atoms with Crippen molar-refractivity contribution in [3.8, 4) is 22.5 Å². The standard InChI is InChI=1S/C41H50N8O6/c1-26-5-10-32(24-34(26)39(52)49-19-21-54-22-20-49)29-11-6-27(7-12-29)23-35(38(51)43-33-17-15-30(16-18-33)36-45-47-48-46-36)44-37(50)31-13-8-28(9-14-31)25-42-40(53)55-41(2,3)4/h5-7,10-12,15-18,24,28,31,35H,8-9,13-14,19-23,25H2,1-4H3,(H,42,53)(H,43,51)(H,44,50)(H,45,46,47,48)/t28?,31?,35-/m0/s1. The summed E-state index contributed by atoms with van der Waals surface area (Å²) in [5.74, 6) is -0.0800. The average molecular weight is 751 g/mol. The number of aryl methyl sites for hydroxylation is 1. The second-order valence-electron chi connectivity index (χ2n) is 15.3. The minimum Gasteiger partial charge on any atom is -0.444 e. The predicted octanol–water partition coefficient (Wildman–Crippen LogP) is 5.31. The molecule has 1 aromatic heterocycles. The first kappa shape index (κ1) is 39.1. The van der Waals surface area contributed by atoms with E-state index in [1.165, 1.54) is 0 Å². The maximum absolute atomic E-state index is 13.8. The molecule has 0 radical (unpaired) electrons. The number of amides is 4. The van der Waals surface area contributed by atoms with E-state index in [0.29, 0.717) is 62.8 Å². The number of carbonyl (C=O) groups excluding carboxylic acids is 4. The van der Waals surface area contributed by atoms with Gasteiger partial charge in [-0.15, -0.1) is 10.2 Å². The number of hydrogen-bond acceptors (Lipinski definition) is 9. The molecule has 2 heterocycles. The van der Waals surface area contributed by atoms with Crippen molar-refractivity contribution in [3.05, 3.63) is 83.4 Å². The number of H-pyrrole nitrogens is 1. The van der Waals surface area contributed by atoms with E-state index in [9.17, 15) is 19.2 Å². The molecule has 2 aliphatic rings. The molecule has 290 valence electrons. The van der Waals surface area contributed by atoms with Gasteiger partial charge >= 0.3 is 6.09 Å². The van der Waals surface area contributed by atoms with Gasteiger partial charge in [0, 0.05) is 48.8 Å². The highest BCUT2D eigenvalue weighted by molar-refractivity contribution is 5.98. The average Bonchev–Trinajstić information content (AvgIpc) is 3.73. The molecule has 14 heteroatoms. The van der Waals surface area contributed by atoms with Gasteiger partial charge in [-0.3, -0.25) is 14.4 Å². The van der Waals surface area contributed by atoms with E-state index < -0.39 is 17.7 Å². The van der Waals surface area contributed by atoms with Gasteiger partial charge in [-0.1, -0.05) is 36.4 Å². The number of nitrogens with one attached hydrogen (secondary N) is 4. The van der Waals surface area contributed by atoms with Crippen LogP contribution >= 0.6 is 0 Å².